The molecule has 22 heavy (non-hydrogen) atoms. The molecule has 0 amide bonds. The van der Waals surface area contributed by atoms with Crippen molar-refractivity contribution in [2.45, 2.75) is 50.4 Å². The van der Waals surface area contributed by atoms with E-state index >= 15 is 0 Å². The molecule has 0 saturated carbocycles. The van der Waals surface area contributed by atoms with E-state index in [1.54, 1.807) is 18.2 Å². The van der Waals surface area contributed by atoms with Crippen molar-refractivity contribution >= 4 is 10.1 Å². The van der Waals surface area contributed by atoms with Crippen molar-refractivity contribution in [1.82, 2.24) is 0 Å². The highest BCUT2D eigenvalue weighted by atomic mass is 32.2. The number of aryl methyl sites for hydroxylation is 1. The lowest BCUT2D eigenvalue weighted by atomic mass is 10.2. The lowest BCUT2D eigenvalue weighted by molar-refractivity contribution is -0.175. The number of hydrogen-bond donors (Lipinski definition) is 0. The molecule has 1 heterocycles. The predicted molar refractivity (Wildman–Crippen MR) is 82.7 cm³/mol. The third-order valence-electron chi connectivity index (χ3n) is 3.35. The second kappa shape index (κ2) is 7.76. The maximum absolute atomic E-state index is 12.0. The second-order valence-electron chi connectivity index (χ2n) is 5.33. The summed E-state index contributed by atoms with van der Waals surface area (Å²) in [6.07, 6.45) is 5.22. The van der Waals surface area contributed by atoms with Gasteiger partial charge in [0.25, 0.3) is 0 Å². The molecular formula is C16H22O5S. The van der Waals surface area contributed by atoms with Crippen molar-refractivity contribution in [3.63, 3.8) is 0 Å². The van der Waals surface area contributed by atoms with Gasteiger partial charge in [-0.05, 0) is 51.3 Å². The van der Waals surface area contributed by atoms with Crippen LogP contribution in [0.4, 0.5) is 0 Å². The van der Waals surface area contributed by atoms with Crippen molar-refractivity contribution in [3.8, 4) is 0 Å². The molecule has 2 unspecified atom stereocenters. The van der Waals surface area contributed by atoms with E-state index in [9.17, 15) is 8.42 Å². The molecule has 1 aromatic carbocycles. The highest BCUT2D eigenvalue weighted by Crippen LogP contribution is 2.16. The fourth-order valence-electron chi connectivity index (χ4n) is 2.08. The minimum Gasteiger partial charge on any atom is -0.387 e. The SMILES string of the molecule is Cc1ccc(S(=O)(=O)OC=CC(C)OC2CCCCO2)cc1. The lowest BCUT2D eigenvalue weighted by Gasteiger charge is -2.24. The summed E-state index contributed by atoms with van der Waals surface area (Å²) >= 11 is 0. The topological polar surface area (TPSA) is 61.8 Å². The zero-order valence-corrected chi connectivity index (χ0v) is 13.7. The first-order valence-corrected chi connectivity index (χ1v) is 8.82. The van der Waals surface area contributed by atoms with Gasteiger partial charge in [0, 0.05) is 6.61 Å². The molecule has 1 fully saturated rings. The molecule has 2 atom stereocenters. The first-order chi connectivity index (χ1) is 10.5. The Labute approximate surface area is 132 Å². The maximum atomic E-state index is 12.0. The van der Waals surface area contributed by atoms with Crippen LogP contribution < -0.4 is 0 Å². The smallest absolute Gasteiger partial charge is 0.338 e. The predicted octanol–water partition coefficient (Wildman–Crippen LogP) is 3.15. The zero-order chi connectivity index (χ0) is 16.0. The molecule has 1 aliphatic rings. The Morgan fingerprint density at radius 2 is 2.00 bits per heavy atom. The molecule has 6 heteroatoms. The Hall–Kier alpha value is -1.37. The highest BCUT2D eigenvalue weighted by Gasteiger charge is 2.17. The molecule has 5 nitrogen and oxygen atoms in total. The van der Waals surface area contributed by atoms with E-state index < -0.39 is 10.1 Å². The van der Waals surface area contributed by atoms with E-state index in [4.69, 9.17) is 13.7 Å². The normalized spacial score (nSPS) is 20.9. The Kier molecular flexibility index (Phi) is 5.99. The Bertz CT molecular complexity index is 585. The van der Waals surface area contributed by atoms with E-state index in [2.05, 4.69) is 0 Å². The number of hydrogen-bond acceptors (Lipinski definition) is 5. The van der Waals surface area contributed by atoms with Gasteiger partial charge < -0.3 is 13.7 Å². The van der Waals surface area contributed by atoms with Crippen LogP contribution in [0, 0.1) is 6.92 Å². The van der Waals surface area contributed by atoms with Crippen molar-refractivity contribution in [2.24, 2.45) is 0 Å². The molecule has 122 valence electrons. The van der Waals surface area contributed by atoms with Crippen LogP contribution in [-0.2, 0) is 23.8 Å². The summed E-state index contributed by atoms with van der Waals surface area (Å²) in [6, 6.07) is 6.50. The first kappa shape index (κ1) is 17.0. The van der Waals surface area contributed by atoms with Crippen molar-refractivity contribution < 1.29 is 22.1 Å². The molecule has 1 saturated heterocycles. The van der Waals surface area contributed by atoms with Crippen LogP contribution in [0.25, 0.3) is 0 Å². The molecule has 2 rings (SSSR count). The first-order valence-electron chi connectivity index (χ1n) is 7.41. The molecule has 0 radical (unpaired) electrons. The van der Waals surface area contributed by atoms with Crippen LogP contribution in [0.2, 0.25) is 0 Å². The standard InChI is InChI=1S/C16H22O5S/c1-13-6-8-15(9-7-13)22(17,18)20-12-10-14(2)21-16-5-3-4-11-19-16/h6-10,12,14,16H,3-5,11H2,1-2H3. The zero-order valence-electron chi connectivity index (χ0n) is 12.9. The Morgan fingerprint density at radius 3 is 2.64 bits per heavy atom. The van der Waals surface area contributed by atoms with Gasteiger partial charge in [-0.2, -0.15) is 8.42 Å². The molecule has 0 aliphatic carbocycles. The summed E-state index contributed by atoms with van der Waals surface area (Å²) in [5.41, 5.74) is 0.990. The van der Waals surface area contributed by atoms with E-state index in [1.165, 1.54) is 12.1 Å². The van der Waals surface area contributed by atoms with Gasteiger partial charge in [-0.1, -0.05) is 17.7 Å². The van der Waals surface area contributed by atoms with Gasteiger partial charge in [-0.3, -0.25) is 0 Å². The van der Waals surface area contributed by atoms with Gasteiger partial charge in [0.2, 0.25) is 0 Å². The summed E-state index contributed by atoms with van der Waals surface area (Å²) in [4.78, 5) is 0.131. The van der Waals surface area contributed by atoms with E-state index in [0.29, 0.717) is 6.61 Å². The van der Waals surface area contributed by atoms with Crippen molar-refractivity contribution in [3.05, 3.63) is 42.2 Å². The maximum Gasteiger partial charge on any atom is 0.338 e. The third kappa shape index (κ3) is 5.12. The van der Waals surface area contributed by atoms with Gasteiger partial charge >= 0.3 is 10.1 Å². The van der Waals surface area contributed by atoms with Crippen LogP contribution in [0.5, 0.6) is 0 Å². The number of rotatable bonds is 6. The van der Waals surface area contributed by atoms with Gasteiger partial charge in [0.05, 0.1) is 6.10 Å². The van der Waals surface area contributed by atoms with E-state index in [-0.39, 0.29) is 17.3 Å². The summed E-state index contributed by atoms with van der Waals surface area (Å²) in [5, 5.41) is 0. The molecule has 0 spiro atoms. The molecule has 1 aromatic rings. The fraction of sp³-hybridized carbons (Fsp3) is 0.500. The van der Waals surface area contributed by atoms with Crippen LogP contribution in [0.3, 0.4) is 0 Å². The largest absolute Gasteiger partial charge is 0.387 e. The third-order valence-corrected chi connectivity index (χ3v) is 4.56. The van der Waals surface area contributed by atoms with Crippen LogP contribution in [0.1, 0.15) is 31.7 Å². The molecule has 0 N–H and O–H groups in total. The van der Waals surface area contributed by atoms with E-state index in [1.807, 2.05) is 13.8 Å². The summed E-state index contributed by atoms with van der Waals surface area (Å²) in [7, 11) is -3.78. The average molecular weight is 326 g/mol. The minimum atomic E-state index is -3.78. The number of benzene rings is 1. The average Bonchev–Trinajstić information content (AvgIpc) is 2.48. The van der Waals surface area contributed by atoms with Gasteiger partial charge in [0.1, 0.15) is 11.2 Å². The Balaban J connectivity index is 1.86. The molecule has 0 aromatic heterocycles. The Morgan fingerprint density at radius 1 is 1.27 bits per heavy atom. The molecular weight excluding hydrogens is 304 g/mol. The second-order valence-corrected chi connectivity index (χ2v) is 6.90. The van der Waals surface area contributed by atoms with E-state index in [0.717, 1.165) is 31.1 Å². The molecule has 0 bridgehead atoms. The van der Waals surface area contributed by atoms with Crippen molar-refractivity contribution in [1.29, 1.82) is 0 Å². The van der Waals surface area contributed by atoms with Crippen molar-refractivity contribution in [2.75, 3.05) is 6.61 Å². The molecule has 1 aliphatic heterocycles. The summed E-state index contributed by atoms with van der Waals surface area (Å²) < 4.78 is 39.9. The summed E-state index contributed by atoms with van der Waals surface area (Å²) in [6.45, 7) is 4.42. The minimum absolute atomic E-state index is 0.131. The van der Waals surface area contributed by atoms with Crippen LogP contribution in [0.15, 0.2) is 41.5 Å². The summed E-state index contributed by atoms with van der Waals surface area (Å²) in [5.74, 6) is 0. The fourth-order valence-corrected chi connectivity index (χ4v) is 2.87. The van der Waals surface area contributed by atoms with Gasteiger partial charge in [-0.25, -0.2) is 0 Å². The monoisotopic (exact) mass is 326 g/mol. The van der Waals surface area contributed by atoms with Gasteiger partial charge in [0.15, 0.2) is 6.29 Å². The quantitative estimate of drug-likeness (QED) is 0.593. The van der Waals surface area contributed by atoms with Crippen LogP contribution >= 0.6 is 0 Å². The highest BCUT2D eigenvalue weighted by molar-refractivity contribution is 7.86. The van der Waals surface area contributed by atoms with Crippen LogP contribution in [-0.4, -0.2) is 27.4 Å². The number of ether oxygens (including phenoxy) is 2. The lowest BCUT2D eigenvalue weighted by Crippen LogP contribution is -2.25. The van der Waals surface area contributed by atoms with Gasteiger partial charge in [-0.15, -0.1) is 0 Å².